The van der Waals surface area contributed by atoms with Crippen molar-refractivity contribution in [1.29, 1.82) is 0 Å². The van der Waals surface area contributed by atoms with E-state index in [1.165, 1.54) is 29.8 Å². The summed E-state index contributed by atoms with van der Waals surface area (Å²) in [6.07, 6.45) is -0.749. The zero-order valence-electron chi connectivity index (χ0n) is 16.0. The summed E-state index contributed by atoms with van der Waals surface area (Å²) >= 11 is 0. The third kappa shape index (κ3) is 6.40. The molecule has 0 fully saturated rings. The lowest BCUT2D eigenvalue weighted by molar-refractivity contribution is -0.132. The number of hydrogen-bond donors (Lipinski definition) is 2. The number of carbonyl (C=O) groups is 2. The molecular weight excluding hydrogens is 347 g/mol. The van der Waals surface area contributed by atoms with Crippen LogP contribution < -0.4 is 15.6 Å². The van der Waals surface area contributed by atoms with Gasteiger partial charge in [0.25, 0.3) is 5.91 Å². The number of amides is 2. The van der Waals surface area contributed by atoms with Crippen LogP contribution in [0.1, 0.15) is 38.8 Å². The molecule has 0 unspecified atom stereocenters. The van der Waals surface area contributed by atoms with Gasteiger partial charge in [-0.05, 0) is 47.7 Å². The van der Waals surface area contributed by atoms with Gasteiger partial charge in [-0.15, -0.1) is 0 Å². The first-order chi connectivity index (χ1) is 12.6. The minimum atomic E-state index is -0.781. The molecule has 2 N–H and O–H groups in total. The van der Waals surface area contributed by atoms with Crippen LogP contribution in [-0.2, 0) is 21.4 Å². The van der Waals surface area contributed by atoms with Crippen LogP contribution in [0.4, 0.5) is 4.39 Å². The Labute approximate surface area is 158 Å². The lowest BCUT2D eigenvalue weighted by Gasteiger charge is -2.20. The summed E-state index contributed by atoms with van der Waals surface area (Å²) in [6.45, 7) is 7.95. The molecule has 2 aromatic carbocycles. The highest BCUT2D eigenvalue weighted by molar-refractivity contribution is 5.85. The number of hydrogen-bond acceptors (Lipinski definition) is 3. The van der Waals surface area contributed by atoms with Crippen molar-refractivity contribution in [2.24, 2.45) is 0 Å². The van der Waals surface area contributed by atoms with Gasteiger partial charge in [0.2, 0.25) is 5.91 Å². The van der Waals surface area contributed by atoms with Gasteiger partial charge < -0.3 is 4.74 Å². The average molecular weight is 372 g/mol. The van der Waals surface area contributed by atoms with Crippen LogP contribution in [0.5, 0.6) is 5.75 Å². The molecule has 0 spiro atoms. The first-order valence-corrected chi connectivity index (χ1v) is 8.75. The molecule has 0 saturated carbocycles. The Morgan fingerprint density at radius 2 is 1.59 bits per heavy atom. The standard InChI is InChI=1S/C21H25FN2O3/c1-14(27-18-11-7-16(8-12-18)21(2,3)4)20(26)24-23-19(25)13-15-5-9-17(22)10-6-15/h5-12,14H,13H2,1-4H3,(H,23,25)(H,24,26)/t14-/m0/s1. The molecule has 2 rings (SSSR count). The van der Waals surface area contributed by atoms with E-state index in [1.54, 1.807) is 6.92 Å². The summed E-state index contributed by atoms with van der Waals surface area (Å²) in [5, 5.41) is 0. The molecule has 0 bridgehead atoms. The number of carbonyl (C=O) groups excluding carboxylic acids is 2. The van der Waals surface area contributed by atoms with E-state index in [9.17, 15) is 14.0 Å². The van der Waals surface area contributed by atoms with Gasteiger partial charge in [-0.2, -0.15) is 0 Å². The Morgan fingerprint density at radius 3 is 2.15 bits per heavy atom. The molecule has 1 atom stereocenters. The molecule has 0 aromatic heterocycles. The number of ether oxygens (including phenoxy) is 1. The monoisotopic (exact) mass is 372 g/mol. The van der Waals surface area contributed by atoms with Gasteiger partial charge in [-0.1, -0.05) is 45.0 Å². The molecule has 27 heavy (non-hydrogen) atoms. The fourth-order valence-electron chi connectivity index (χ4n) is 2.36. The van der Waals surface area contributed by atoms with Crippen molar-refractivity contribution in [2.45, 2.75) is 45.6 Å². The Bertz CT molecular complexity index is 781. The SMILES string of the molecule is C[C@H](Oc1ccc(C(C)(C)C)cc1)C(=O)NNC(=O)Cc1ccc(F)cc1. The van der Waals surface area contributed by atoms with Crippen LogP contribution in [0.15, 0.2) is 48.5 Å². The number of nitrogens with one attached hydrogen (secondary N) is 2. The maximum Gasteiger partial charge on any atom is 0.279 e. The van der Waals surface area contributed by atoms with Gasteiger partial charge in [-0.3, -0.25) is 20.4 Å². The summed E-state index contributed by atoms with van der Waals surface area (Å²) in [5.41, 5.74) is 6.51. The summed E-state index contributed by atoms with van der Waals surface area (Å²) < 4.78 is 18.5. The second kappa shape index (κ2) is 8.66. The fourth-order valence-corrected chi connectivity index (χ4v) is 2.36. The van der Waals surface area contributed by atoms with Crippen molar-refractivity contribution in [2.75, 3.05) is 0 Å². The topological polar surface area (TPSA) is 67.4 Å². The van der Waals surface area contributed by atoms with Crippen molar-refractivity contribution in [1.82, 2.24) is 10.9 Å². The highest BCUT2D eigenvalue weighted by Gasteiger charge is 2.17. The largest absolute Gasteiger partial charge is 0.481 e. The summed E-state index contributed by atoms with van der Waals surface area (Å²) in [7, 11) is 0. The quantitative estimate of drug-likeness (QED) is 0.792. The molecule has 0 aliphatic rings. The molecule has 6 heteroatoms. The van der Waals surface area contributed by atoms with Gasteiger partial charge in [0, 0.05) is 0 Å². The van der Waals surface area contributed by atoms with E-state index >= 15 is 0 Å². The van der Waals surface area contributed by atoms with Gasteiger partial charge in [-0.25, -0.2) is 4.39 Å². The van der Waals surface area contributed by atoms with Crippen LogP contribution >= 0.6 is 0 Å². The van der Waals surface area contributed by atoms with Gasteiger partial charge in [0.15, 0.2) is 6.10 Å². The highest BCUT2D eigenvalue weighted by atomic mass is 19.1. The van der Waals surface area contributed by atoms with E-state index in [0.717, 1.165) is 0 Å². The van der Waals surface area contributed by atoms with E-state index < -0.39 is 17.9 Å². The molecule has 0 heterocycles. The zero-order chi connectivity index (χ0) is 20.0. The molecule has 0 aliphatic heterocycles. The normalized spacial score (nSPS) is 12.2. The Balaban J connectivity index is 1.81. The van der Waals surface area contributed by atoms with Crippen molar-refractivity contribution in [3.8, 4) is 5.75 Å². The van der Waals surface area contributed by atoms with Crippen LogP contribution in [-0.4, -0.2) is 17.9 Å². The maximum absolute atomic E-state index is 12.9. The molecule has 0 radical (unpaired) electrons. The van der Waals surface area contributed by atoms with E-state index in [4.69, 9.17) is 4.74 Å². The van der Waals surface area contributed by atoms with Crippen LogP contribution in [0, 0.1) is 5.82 Å². The predicted molar refractivity (Wildman–Crippen MR) is 102 cm³/mol. The fraction of sp³-hybridized carbons (Fsp3) is 0.333. The van der Waals surface area contributed by atoms with Crippen molar-refractivity contribution in [3.63, 3.8) is 0 Å². The Kier molecular flexibility index (Phi) is 6.55. The average Bonchev–Trinajstić information content (AvgIpc) is 2.61. The van der Waals surface area contributed by atoms with E-state index in [-0.39, 0.29) is 17.7 Å². The molecule has 5 nitrogen and oxygen atoms in total. The highest BCUT2D eigenvalue weighted by Crippen LogP contribution is 2.24. The summed E-state index contributed by atoms with van der Waals surface area (Å²) in [5.74, 6) is -0.670. The molecular formula is C21H25FN2O3. The van der Waals surface area contributed by atoms with Crippen LogP contribution in [0.3, 0.4) is 0 Å². The smallest absolute Gasteiger partial charge is 0.279 e. The van der Waals surface area contributed by atoms with Crippen molar-refractivity contribution in [3.05, 3.63) is 65.5 Å². The van der Waals surface area contributed by atoms with Gasteiger partial charge >= 0.3 is 0 Å². The minimum Gasteiger partial charge on any atom is -0.481 e. The molecule has 0 saturated heterocycles. The maximum atomic E-state index is 12.9. The summed E-state index contributed by atoms with van der Waals surface area (Å²) in [6, 6.07) is 13.2. The third-order valence-corrected chi connectivity index (χ3v) is 4.01. The lowest BCUT2D eigenvalue weighted by atomic mass is 9.87. The second-order valence-corrected chi connectivity index (χ2v) is 7.38. The number of rotatable bonds is 5. The van der Waals surface area contributed by atoms with Crippen LogP contribution in [0.25, 0.3) is 0 Å². The van der Waals surface area contributed by atoms with Crippen LogP contribution in [0.2, 0.25) is 0 Å². The lowest BCUT2D eigenvalue weighted by Crippen LogP contribution is -2.47. The minimum absolute atomic E-state index is 0.0318. The number of hydrazine groups is 1. The predicted octanol–water partition coefficient (Wildman–Crippen LogP) is 3.28. The van der Waals surface area contributed by atoms with Gasteiger partial charge in [0.1, 0.15) is 11.6 Å². The molecule has 2 amide bonds. The van der Waals surface area contributed by atoms with E-state index in [0.29, 0.717) is 11.3 Å². The molecule has 2 aromatic rings. The first-order valence-electron chi connectivity index (χ1n) is 8.75. The van der Waals surface area contributed by atoms with E-state index in [1.807, 2.05) is 24.3 Å². The Hall–Kier alpha value is -2.89. The van der Waals surface area contributed by atoms with Gasteiger partial charge in [0.05, 0.1) is 6.42 Å². The molecule has 144 valence electrons. The third-order valence-electron chi connectivity index (χ3n) is 4.01. The first kappa shape index (κ1) is 20.4. The Morgan fingerprint density at radius 1 is 1.00 bits per heavy atom. The molecule has 0 aliphatic carbocycles. The number of benzene rings is 2. The zero-order valence-corrected chi connectivity index (χ0v) is 16.0. The van der Waals surface area contributed by atoms with Crippen molar-refractivity contribution >= 4 is 11.8 Å². The number of halogens is 1. The second-order valence-electron chi connectivity index (χ2n) is 7.38. The summed E-state index contributed by atoms with van der Waals surface area (Å²) in [4.78, 5) is 23.9. The van der Waals surface area contributed by atoms with E-state index in [2.05, 4.69) is 31.6 Å². The van der Waals surface area contributed by atoms with Crippen molar-refractivity contribution < 1.29 is 18.7 Å².